The average molecular weight is 384 g/mol. The van der Waals surface area contributed by atoms with E-state index >= 15 is 0 Å². The lowest BCUT2D eigenvalue weighted by molar-refractivity contribution is 0.483. The summed E-state index contributed by atoms with van der Waals surface area (Å²) >= 11 is 0. The zero-order valence-electron chi connectivity index (χ0n) is 15.8. The lowest BCUT2D eigenvalue weighted by atomic mass is 10.2. The van der Waals surface area contributed by atoms with Crippen LogP contribution in [0.5, 0.6) is 11.5 Å². The van der Waals surface area contributed by atoms with Crippen molar-refractivity contribution in [2.75, 3.05) is 16.4 Å². The van der Waals surface area contributed by atoms with Crippen LogP contribution in [0, 0.1) is 6.92 Å². The van der Waals surface area contributed by atoms with Crippen LogP contribution >= 0.6 is 0 Å². The molecule has 2 aromatic carbocycles. The fraction of sp³-hybridized carbons (Fsp3) is 0.0455. The predicted octanol–water partition coefficient (Wildman–Crippen LogP) is 5.04. The van der Waals surface area contributed by atoms with Crippen molar-refractivity contribution >= 4 is 28.8 Å². The van der Waals surface area contributed by atoms with E-state index in [0.29, 0.717) is 23.1 Å². The minimum absolute atomic E-state index is 0.405. The van der Waals surface area contributed by atoms with Gasteiger partial charge in [-0.05, 0) is 55.0 Å². The summed E-state index contributed by atoms with van der Waals surface area (Å²) in [5.74, 6) is 3.23. The molecule has 0 aliphatic rings. The first-order valence-electron chi connectivity index (χ1n) is 9.08. The number of aryl methyl sites for hydroxylation is 1. The molecule has 7 heteroatoms. The molecule has 0 saturated heterocycles. The SMILES string of the molecule is Cc1cccnc1Nc1ncnc(Nc2ccc(Oc3ccccc3)cc2)c1N. The van der Waals surface area contributed by atoms with E-state index in [9.17, 15) is 0 Å². The molecule has 0 radical (unpaired) electrons. The predicted molar refractivity (Wildman–Crippen MR) is 115 cm³/mol. The Morgan fingerprint density at radius 1 is 0.724 bits per heavy atom. The minimum atomic E-state index is 0.405. The van der Waals surface area contributed by atoms with E-state index in [1.54, 1.807) is 6.20 Å². The number of hydrogen-bond donors (Lipinski definition) is 3. The lowest BCUT2D eigenvalue weighted by Crippen LogP contribution is -2.06. The van der Waals surface area contributed by atoms with Gasteiger partial charge in [-0.25, -0.2) is 15.0 Å². The molecular weight excluding hydrogens is 364 g/mol. The average Bonchev–Trinajstić information content (AvgIpc) is 2.75. The van der Waals surface area contributed by atoms with E-state index in [0.717, 1.165) is 22.7 Å². The molecular formula is C22H20N6O. The number of nitrogens with one attached hydrogen (secondary N) is 2. The zero-order chi connectivity index (χ0) is 20.1. The molecule has 0 amide bonds. The van der Waals surface area contributed by atoms with Gasteiger partial charge in [0, 0.05) is 11.9 Å². The van der Waals surface area contributed by atoms with E-state index in [1.165, 1.54) is 6.33 Å². The van der Waals surface area contributed by atoms with Crippen LogP contribution in [0.3, 0.4) is 0 Å². The van der Waals surface area contributed by atoms with Gasteiger partial charge in [-0.15, -0.1) is 0 Å². The molecule has 0 aliphatic carbocycles. The molecule has 0 bridgehead atoms. The highest BCUT2D eigenvalue weighted by molar-refractivity contribution is 5.80. The Labute approximate surface area is 168 Å². The van der Waals surface area contributed by atoms with E-state index in [4.69, 9.17) is 10.5 Å². The second kappa shape index (κ2) is 8.26. The van der Waals surface area contributed by atoms with Gasteiger partial charge in [0.15, 0.2) is 11.6 Å². The molecule has 4 N–H and O–H groups in total. The van der Waals surface area contributed by atoms with Crippen LogP contribution in [0.2, 0.25) is 0 Å². The number of anilines is 5. The van der Waals surface area contributed by atoms with E-state index < -0.39 is 0 Å². The third-order valence-electron chi connectivity index (χ3n) is 4.23. The Kier molecular flexibility index (Phi) is 5.20. The third kappa shape index (κ3) is 4.41. The van der Waals surface area contributed by atoms with Crippen LogP contribution < -0.4 is 21.1 Å². The van der Waals surface area contributed by atoms with Crippen molar-refractivity contribution in [3.8, 4) is 11.5 Å². The lowest BCUT2D eigenvalue weighted by Gasteiger charge is -2.13. The van der Waals surface area contributed by atoms with Gasteiger partial charge in [0.25, 0.3) is 0 Å². The first-order valence-corrected chi connectivity index (χ1v) is 9.08. The van der Waals surface area contributed by atoms with Gasteiger partial charge in [0.05, 0.1) is 0 Å². The summed E-state index contributed by atoms with van der Waals surface area (Å²) in [4.78, 5) is 12.8. The number of rotatable bonds is 6. The normalized spacial score (nSPS) is 10.4. The molecule has 0 unspecified atom stereocenters. The summed E-state index contributed by atoms with van der Waals surface area (Å²) in [6.45, 7) is 1.96. The number of nitrogens with zero attached hydrogens (tertiary/aromatic N) is 3. The summed E-state index contributed by atoms with van der Waals surface area (Å²) in [5.41, 5.74) is 8.49. The molecule has 0 saturated carbocycles. The maximum absolute atomic E-state index is 6.26. The Morgan fingerprint density at radius 2 is 1.41 bits per heavy atom. The Hall–Kier alpha value is -4.13. The molecule has 0 atom stereocenters. The Morgan fingerprint density at radius 3 is 2.14 bits per heavy atom. The van der Waals surface area contributed by atoms with Crippen LogP contribution in [-0.2, 0) is 0 Å². The fourth-order valence-electron chi connectivity index (χ4n) is 2.69. The van der Waals surface area contributed by atoms with Gasteiger partial charge in [-0.2, -0.15) is 0 Å². The maximum atomic E-state index is 6.26. The summed E-state index contributed by atoms with van der Waals surface area (Å²) in [6.07, 6.45) is 3.16. The van der Waals surface area contributed by atoms with E-state index in [-0.39, 0.29) is 0 Å². The first-order chi connectivity index (χ1) is 14.2. The molecule has 29 heavy (non-hydrogen) atoms. The number of nitrogen functional groups attached to an aromatic ring is 1. The summed E-state index contributed by atoms with van der Waals surface area (Å²) in [6, 6.07) is 21.0. The number of aromatic nitrogens is 3. The van der Waals surface area contributed by atoms with Crippen molar-refractivity contribution in [1.82, 2.24) is 15.0 Å². The highest BCUT2D eigenvalue weighted by atomic mass is 16.5. The van der Waals surface area contributed by atoms with Crippen LogP contribution in [0.4, 0.5) is 28.8 Å². The molecule has 0 fully saturated rings. The van der Waals surface area contributed by atoms with Gasteiger partial charge >= 0.3 is 0 Å². The largest absolute Gasteiger partial charge is 0.457 e. The van der Waals surface area contributed by atoms with Crippen LogP contribution in [0.25, 0.3) is 0 Å². The minimum Gasteiger partial charge on any atom is -0.457 e. The second-order valence-corrected chi connectivity index (χ2v) is 6.34. The van der Waals surface area contributed by atoms with E-state index in [2.05, 4.69) is 25.6 Å². The van der Waals surface area contributed by atoms with Crippen LogP contribution in [-0.4, -0.2) is 15.0 Å². The molecule has 4 aromatic rings. The van der Waals surface area contributed by atoms with Gasteiger partial charge in [0.1, 0.15) is 29.3 Å². The van der Waals surface area contributed by atoms with Crippen molar-refractivity contribution in [2.45, 2.75) is 6.92 Å². The summed E-state index contributed by atoms with van der Waals surface area (Å²) in [5, 5.41) is 6.37. The highest BCUT2D eigenvalue weighted by Gasteiger charge is 2.10. The van der Waals surface area contributed by atoms with Crippen molar-refractivity contribution in [3.63, 3.8) is 0 Å². The molecule has 144 valence electrons. The third-order valence-corrected chi connectivity index (χ3v) is 4.23. The number of benzene rings is 2. The van der Waals surface area contributed by atoms with Gasteiger partial charge in [-0.1, -0.05) is 24.3 Å². The van der Waals surface area contributed by atoms with Crippen molar-refractivity contribution in [1.29, 1.82) is 0 Å². The van der Waals surface area contributed by atoms with Crippen molar-refractivity contribution < 1.29 is 4.74 Å². The monoisotopic (exact) mass is 384 g/mol. The topological polar surface area (TPSA) is 98.0 Å². The Bertz CT molecular complexity index is 1100. The molecule has 4 rings (SSSR count). The van der Waals surface area contributed by atoms with Crippen molar-refractivity contribution in [3.05, 3.63) is 84.8 Å². The Balaban J connectivity index is 1.49. The van der Waals surface area contributed by atoms with Gasteiger partial charge in [-0.3, -0.25) is 0 Å². The van der Waals surface area contributed by atoms with Gasteiger partial charge < -0.3 is 21.1 Å². The first kappa shape index (κ1) is 18.2. The smallest absolute Gasteiger partial charge is 0.160 e. The van der Waals surface area contributed by atoms with Crippen molar-refractivity contribution in [2.24, 2.45) is 0 Å². The number of nitrogens with two attached hydrogens (primary N) is 1. The molecule has 2 heterocycles. The quantitative estimate of drug-likeness (QED) is 0.428. The maximum Gasteiger partial charge on any atom is 0.160 e. The number of para-hydroxylation sites is 1. The molecule has 0 aliphatic heterocycles. The second-order valence-electron chi connectivity index (χ2n) is 6.34. The summed E-state index contributed by atoms with van der Waals surface area (Å²) in [7, 11) is 0. The van der Waals surface area contributed by atoms with Gasteiger partial charge in [0.2, 0.25) is 0 Å². The number of pyridine rings is 1. The van der Waals surface area contributed by atoms with Crippen LogP contribution in [0.1, 0.15) is 5.56 Å². The standard InChI is InChI=1S/C22H20N6O/c1-15-6-5-13-24-20(15)28-22-19(23)21(25-14-26-22)27-16-9-11-18(12-10-16)29-17-7-3-2-4-8-17/h2-14H,23H2,1H3,(H2,24,25,26,27,28). The van der Waals surface area contributed by atoms with Crippen LogP contribution in [0.15, 0.2) is 79.3 Å². The highest BCUT2D eigenvalue weighted by Crippen LogP contribution is 2.29. The zero-order valence-corrected chi connectivity index (χ0v) is 15.8. The number of hydrogen-bond acceptors (Lipinski definition) is 7. The van der Waals surface area contributed by atoms with E-state index in [1.807, 2.05) is 73.7 Å². The molecule has 7 nitrogen and oxygen atoms in total. The molecule has 0 spiro atoms. The fourth-order valence-corrected chi connectivity index (χ4v) is 2.69. The summed E-state index contributed by atoms with van der Waals surface area (Å²) < 4.78 is 5.81. The molecule has 2 aromatic heterocycles. The number of ether oxygens (including phenoxy) is 1.